The maximum absolute atomic E-state index is 14.7. The van der Waals surface area contributed by atoms with Gasteiger partial charge in [0.05, 0.1) is 23.7 Å². The monoisotopic (exact) mass is 573 g/mol. The standard InChI is InChI=1S/C29H34F3N5O4/c1-14-22(27(38)36-17-10-19(30)20(11-17)37-28(39)41-29(2,3)4)24-25(35-14)23(33-13-34-24)18-9-16(26(31)32)7-8-21(18)40-12-15-5-6-15/h7-9,13,15,17,19-20,26,35H,5-6,10-12H2,1-4H3,(H,36,38)(H,37,39)/t17-,19+,20-/m0/s1. The summed E-state index contributed by atoms with van der Waals surface area (Å²) in [5.74, 6) is 0.396. The van der Waals surface area contributed by atoms with Crippen LogP contribution in [0.25, 0.3) is 22.3 Å². The lowest BCUT2D eigenvalue weighted by Gasteiger charge is -2.22. The van der Waals surface area contributed by atoms with E-state index in [4.69, 9.17) is 9.47 Å². The first kappa shape index (κ1) is 28.7. The van der Waals surface area contributed by atoms with Crippen molar-refractivity contribution in [1.29, 1.82) is 0 Å². The van der Waals surface area contributed by atoms with Gasteiger partial charge in [-0.05, 0) is 71.1 Å². The Kier molecular flexibility index (Phi) is 7.85. The Morgan fingerprint density at radius 3 is 2.59 bits per heavy atom. The maximum Gasteiger partial charge on any atom is 0.407 e. The number of hydrogen-bond donors (Lipinski definition) is 3. The van der Waals surface area contributed by atoms with E-state index in [0.717, 1.165) is 12.8 Å². The molecule has 5 rings (SSSR count). The molecule has 2 aromatic heterocycles. The highest BCUT2D eigenvalue weighted by molar-refractivity contribution is 6.09. The van der Waals surface area contributed by atoms with Gasteiger partial charge in [0.15, 0.2) is 0 Å². The maximum atomic E-state index is 14.7. The van der Waals surface area contributed by atoms with Crippen molar-refractivity contribution in [2.24, 2.45) is 5.92 Å². The summed E-state index contributed by atoms with van der Waals surface area (Å²) in [7, 11) is 0. The smallest absolute Gasteiger partial charge is 0.407 e. The summed E-state index contributed by atoms with van der Waals surface area (Å²) < 4.78 is 53.1. The summed E-state index contributed by atoms with van der Waals surface area (Å²) in [5, 5.41) is 5.40. The fourth-order valence-electron chi connectivity index (χ4n) is 5.06. The number of aromatic amines is 1. The van der Waals surface area contributed by atoms with Gasteiger partial charge in [-0.1, -0.05) is 0 Å². The highest BCUT2D eigenvalue weighted by atomic mass is 19.3. The van der Waals surface area contributed by atoms with Crippen LogP contribution in [0.4, 0.5) is 18.0 Å². The molecule has 2 saturated carbocycles. The van der Waals surface area contributed by atoms with Crippen molar-refractivity contribution in [3.63, 3.8) is 0 Å². The Balaban J connectivity index is 1.38. The number of fused-ring (bicyclic) bond motifs is 1. The molecule has 3 N–H and O–H groups in total. The van der Waals surface area contributed by atoms with E-state index in [-0.39, 0.29) is 24.0 Å². The largest absolute Gasteiger partial charge is 0.493 e. The molecule has 2 aliphatic rings. The fourth-order valence-corrected chi connectivity index (χ4v) is 5.06. The van der Waals surface area contributed by atoms with Crippen LogP contribution < -0.4 is 15.4 Å². The van der Waals surface area contributed by atoms with Crippen LogP contribution in [-0.4, -0.2) is 57.4 Å². The average Bonchev–Trinajstić information content (AvgIpc) is 3.56. The molecule has 9 nitrogen and oxygen atoms in total. The number of hydrogen-bond acceptors (Lipinski definition) is 6. The average molecular weight is 574 g/mol. The number of nitrogens with one attached hydrogen (secondary N) is 3. The van der Waals surface area contributed by atoms with Gasteiger partial charge in [0, 0.05) is 29.3 Å². The summed E-state index contributed by atoms with van der Waals surface area (Å²) in [6.07, 6.45) is -1.14. The van der Waals surface area contributed by atoms with Gasteiger partial charge in [0.1, 0.15) is 35.1 Å². The SMILES string of the molecule is Cc1[nH]c2c(-c3cc(C(F)F)ccc3OCC3CC3)ncnc2c1C(=O)N[C@H]1C[C@@H](F)[C@@H](NC(=O)OC(C)(C)C)C1. The Labute approximate surface area is 235 Å². The molecule has 12 heteroatoms. The molecule has 1 aromatic carbocycles. The molecule has 2 fully saturated rings. The molecule has 2 amide bonds. The number of ether oxygens (including phenoxy) is 2. The second kappa shape index (κ2) is 11.2. The number of carbonyl (C=O) groups excluding carboxylic acids is 2. The number of aromatic nitrogens is 3. The lowest BCUT2D eigenvalue weighted by Crippen LogP contribution is -2.42. The molecule has 2 heterocycles. The number of carbonyl (C=O) groups is 2. The van der Waals surface area contributed by atoms with Gasteiger partial charge in [-0.2, -0.15) is 0 Å². The normalized spacial score (nSPS) is 20.8. The molecule has 3 aromatic rings. The lowest BCUT2D eigenvalue weighted by molar-refractivity contribution is 0.0484. The zero-order chi connectivity index (χ0) is 29.5. The quantitative estimate of drug-likeness (QED) is 0.314. The predicted octanol–water partition coefficient (Wildman–Crippen LogP) is 5.78. The summed E-state index contributed by atoms with van der Waals surface area (Å²) in [6.45, 7) is 7.32. The Hall–Kier alpha value is -3.83. The molecular formula is C29H34F3N5O4. The third-order valence-corrected chi connectivity index (χ3v) is 7.20. The molecule has 3 atom stereocenters. The van der Waals surface area contributed by atoms with Gasteiger partial charge in [0.2, 0.25) is 0 Å². The second-order valence-corrected chi connectivity index (χ2v) is 11.8. The van der Waals surface area contributed by atoms with Crippen LogP contribution in [0.1, 0.15) is 74.5 Å². The van der Waals surface area contributed by atoms with Crippen LogP contribution in [0, 0.1) is 12.8 Å². The number of alkyl halides is 3. The first-order valence-electron chi connectivity index (χ1n) is 13.7. The fraction of sp³-hybridized carbons (Fsp3) is 0.517. The van der Waals surface area contributed by atoms with Gasteiger partial charge in [0.25, 0.3) is 12.3 Å². The topological polar surface area (TPSA) is 118 Å². The molecule has 0 unspecified atom stereocenters. The number of rotatable bonds is 8. The van der Waals surface area contributed by atoms with Crippen molar-refractivity contribution < 1.29 is 32.2 Å². The lowest BCUT2D eigenvalue weighted by atomic mass is 10.0. The van der Waals surface area contributed by atoms with Crippen LogP contribution in [0.2, 0.25) is 0 Å². The van der Waals surface area contributed by atoms with Crippen molar-refractivity contribution in [3.05, 3.63) is 41.3 Å². The molecular weight excluding hydrogens is 539 g/mol. The summed E-state index contributed by atoms with van der Waals surface area (Å²) in [6, 6.07) is 2.87. The number of H-pyrrole nitrogens is 1. The van der Waals surface area contributed by atoms with E-state index < -0.39 is 42.3 Å². The first-order valence-corrected chi connectivity index (χ1v) is 13.7. The zero-order valence-electron chi connectivity index (χ0n) is 23.4. The summed E-state index contributed by atoms with van der Waals surface area (Å²) in [5.41, 5.74) is 1.24. The second-order valence-electron chi connectivity index (χ2n) is 11.8. The highest BCUT2D eigenvalue weighted by Crippen LogP contribution is 2.38. The minimum Gasteiger partial charge on any atom is -0.493 e. The number of benzene rings is 1. The van der Waals surface area contributed by atoms with E-state index in [1.54, 1.807) is 27.7 Å². The minimum atomic E-state index is -2.69. The molecule has 0 saturated heterocycles. The molecule has 0 bridgehead atoms. The minimum absolute atomic E-state index is 0.0238. The van der Waals surface area contributed by atoms with Crippen molar-refractivity contribution in [3.8, 4) is 17.0 Å². The van der Waals surface area contributed by atoms with Crippen molar-refractivity contribution in [2.75, 3.05) is 6.61 Å². The predicted molar refractivity (Wildman–Crippen MR) is 146 cm³/mol. The molecule has 0 spiro atoms. The van der Waals surface area contributed by atoms with E-state index in [0.29, 0.717) is 46.3 Å². The molecule has 220 valence electrons. The van der Waals surface area contributed by atoms with Crippen LogP contribution in [-0.2, 0) is 4.74 Å². The Morgan fingerprint density at radius 1 is 1.15 bits per heavy atom. The van der Waals surface area contributed by atoms with E-state index in [2.05, 4.69) is 25.6 Å². The highest BCUT2D eigenvalue weighted by Gasteiger charge is 2.38. The molecule has 0 radical (unpaired) electrons. The van der Waals surface area contributed by atoms with Crippen molar-refractivity contribution in [1.82, 2.24) is 25.6 Å². The van der Waals surface area contributed by atoms with Crippen LogP contribution in [0.5, 0.6) is 5.75 Å². The molecule has 2 aliphatic carbocycles. The Bertz CT molecular complexity index is 1450. The van der Waals surface area contributed by atoms with E-state index in [1.165, 1.54) is 24.5 Å². The van der Waals surface area contributed by atoms with Crippen molar-refractivity contribution in [2.45, 2.75) is 83.7 Å². The van der Waals surface area contributed by atoms with Gasteiger partial charge in [-0.3, -0.25) is 4.79 Å². The van der Waals surface area contributed by atoms with Crippen LogP contribution >= 0.6 is 0 Å². The van der Waals surface area contributed by atoms with Crippen LogP contribution in [0.15, 0.2) is 24.5 Å². The third kappa shape index (κ3) is 6.57. The number of halogens is 3. The van der Waals surface area contributed by atoms with Gasteiger partial charge >= 0.3 is 6.09 Å². The van der Waals surface area contributed by atoms with Gasteiger partial charge < -0.3 is 25.1 Å². The number of nitrogens with zero attached hydrogens (tertiary/aromatic N) is 2. The first-order chi connectivity index (χ1) is 19.4. The van der Waals surface area contributed by atoms with Crippen molar-refractivity contribution >= 4 is 23.0 Å². The van der Waals surface area contributed by atoms with Gasteiger partial charge in [-0.25, -0.2) is 27.9 Å². The summed E-state index contributed by atoms with van der Waals surface area (Å²) in [4.78, 5) is 37.4. The van der Waals surface area contributed by atoms with Crippen LogP contribution in [0.3, 0.4) is 0 Å². The zero-order valence-corrected chi connectivity index (χ0v) is 23.4. The number of amides is 2. The van der Waals surface area contributed by atoms with E-state index in [9.17, 15) is 22.8 Å². The number of alkyl carbamates (subject to hydrolysis) is 1. The van der Waals surface area contributed by atoms with E-state index >= 15 is 0 Å². The van der Waals surface area contributed by atoms with Gasteiger partial charge in [-0.15, -0.1) is 0 Å². The number of aryl methyl sites for hydroxylation is 1. The Morgan fingerprint density at radius 2 is 1.90 bits per heavy atom. The molecule has 0 aliphatic heterocycles. The summed E-state index contributed by atoms with van der Waals surface area (Å²) >= 11 is 0. The van der Waals surface area contributed by atoms with E-state index in [1.807, 2.05) is 0 Å². The third-order valence-electron chi connectivity index (χ3n) is 7.20. The molecule has 41 heavy (non-hydrogen) atoms.